The lowest BCUT2D eigenvalue weighted by atomic mass is 10.1. The Kier molecular flexibility index (Phi) is 4.74. The summed E-state index contributed by atoms with van der Waals surface area (Å²) < 4.78 is 5.62. The molecule has 0 bridgehead atoms. The minimum atomic E-state index is -0.162. The average Bonchev–Trinajstić information content (AvgIpc) is 2.39. The lowest BCUT2D eigenvalue weighted by Crippen LogP contribution is -2.45. The maximum absolute atomic E-state index is 12.2. The van der Waals surface area contributed by atoms with Crippen LogP contribution in [0.5, 0.6) is 5.75 Å². The molecule has 0 unspecified atom stereocenters. The first-order valence-electron chi connectivity index (χ1n) is 6.80. The molecule has 1 aliphatic heterocycles. The number of nitrogens with one attached hydrogen (secondary N) is 2. The van der Waals surface area contributed by atoms with Crippen molar-refractivity contribution in [2.24, 2.45) is 0 Å². The summed E-state index contributed by atoms with van der Waals surface area (Å²) in [5.41, 5.74) is 0.363. The first kappa shape index (κ1) is 13.8. The van der Waals surface area contributed by atoms with E-state index in [1.165, 1.54) is 0 Å². The predicted molar refractivity (Wildman–Crippen MR) is 73.4 cm³/mol. The van der Waals surface area contributed by atoms with E-state index in [0.717, 1.165) is 25.9 Å². The van der Waals surface area contributed by atoms with Crippen molar-refractivity contribution in [2.75, 3.05) is 13.1 Å². The van der Waals surface area contributed by atoms with Gasteiger partial charge in [0.25, 0.3) is 5.91 Å². The van der Waals surface area contributed by atoms with Gasteiger partial charge in [0.1, 0.15) is 0 Å². The van der Waals surface area contributed by atoms with Gasteiger partial charge in [-0.1, -0.05) is 0 Å². The summed E-state index contributed by atoms with van der Waals surface area (Å²) in [6.07, 6.45) is 3.72. The van der Waals surface area contributed by atoms with Crippen LogP contribution < -0.4 is 15.4 Å². The maximum Gasteiger partial charge on any atom is 0.274 e. The van der Waals surface area contributed by atoms with Crippen LogP contribution in [0.2, 0.25) is 0 Å². The molecular weight excluding hydrogens is 242 g/mol. The van der Waals surface area contributed by atoms with Crippen molar-refractivity contribution in [2.45, 2.75) is 38.8 Å². The Labute approximate surface area is 113 Å². The van der Waals surface area contributed by atoms with Crippen LogP contribution in [0, 0.1) is 0 Å². The molecule has 0 radical (unpaired) electrons. The van der Waals surface area contributed by atoms with Gasteiger partial charge in [0, 0.05) is 18.8 Å². The van der Waals surface area contributed by atoms with Gasteiger partial charge in [-0.15, -0.1) is 0 Å². The second-order valence-corrected chi connectivity index (χ2v) is 5.03. The van der Waals surface area contributed by atoms with Crippen LogP contribution in [0.1, 0.15) is 37.2 Å². The highest BCUT2D eigenvalue weighted by atomic mass is 16.5. The van der Waals surface area contributed by atoms with Gasteiger partial charge in [-0.2, -0.15) is 0 Å². The minimum Gasteiger partial charge on any atom is -0.489 e. The molecule has 2 rings (SSSR count). The maximum atomic E-state index is 12.2. The second kappa shape index (κ2) is 6.52. The van der Waals surface area contributed by atoms with Crippen molar-refractivity contribution < 1.29 is 9.53 Å². The van der Waals surface area contributed by atoms with Crippen molar-refractivity contribution in [3.63, 3.8) is 0 Å². The molecule has 1 fully saturated rings. The van der Waals surface area contributed by atoms with Gasteiger partial charge >= 0.3 is 0 Å². The number of carbonyl (C=O) groups excluding carboxylic acids is 1. The Bertz CT molecular complexity index is 428. The first-order chi connectivity index (χ1) is 9.16. The molecule has 19 heavy (non-hydrogen) atoms. The van der Waals surface area contributed by atoms with Gasteiger partial charge < -0.3 is 15.4 Å². The third-order valence-electron chi connectivity index (χ3n) is 2.98. The highest BCUT2D eigenvalue weighted by molar-refractivity contribution is 5.95. The van der Waals surface area contributed by atoms with E-state index < -0.39 is 0 Å². The summed E-state index contributed by atoms with van der Waals surface area (Å²) in [6.45, 7) is 5.70. The van der Waals surface area contributed by atoms with E-state index in [1.807, 2.05) is 13.8 Å². The SMILES string of the molecule is CC(C)Oc1cccnc1C(=O)N[C@H]1CCCNC1. The summed E-state index contributed by atoms with van der Waals surface area (Å²) in [5.74, 6) is 0.378. The number of carbonyl (C=O) groups is 1. The molecule has 1 amide bonds. The van der Waals surface area contributed by atoms with E-state index in [2.05, 4.69) is 15.6 Å². The molecule has 2 heterocycles. The molecule has 5 nitrogen and oxygen atoms in total. The Morgan fingerprint density at radius 1 is 1.58 bits per heavy atom. The molecule has 0 aliphatic carbocycles. The van der Waals surface area contributed by atoms with Crippen molar-refractivity contribution in [1.82, 2.24) is 15.6 Å². The Morgan fingerprint density at radius 2 is 2.42 bits per heavy atom. The number of aromatic nitrogens is 1. The lowest BCUT2D eigenvalue weighted by Gasteiger charge is -2.24. The molecule has 0 spiro atoms. The molecule has 5 heteroatoms. The summed E-state index contributed by atoms with van der Waals surface area (Å²) >= 11 is 0. The van der Waals surface area contributed by atoms with Crippen molar-refractivity contribution in [3.05, 3.63) is 24.0 Å². The quantitative estimate of drug-likeness (QED) is 0.860. The first-order valence-corrected chi connectivity index (χ1v) is 6.80. The molecule has 0 saturated carbocycles. The largest absolute Gasteiger partial charge is 0.489 e. The van der Waals surface area contributed by atoms with Crippen LogP contribution in [0.15, 0.2) is 18.3 Å². The monoisotopic (exact) mass is 263 g/mol. The van der Waals surface area contributed by atoms with Gasteiger partial charge in [0.2, 0.25) is 0 Å². The van der Waals surface area contributed by atoms with E-state index in [9.17, 15) is 4.79 Å². The van der Waals surface area contributed by atoms with Crippen LogP contribution in [-0.4, -0.2) is 36.1 Å². The molecule has 1 atom stereocenters. The molecule has 0 aromatic carbocycles. The Balaban J connectivity index is 2.05. The lowest BCUT2D eigenvalue weighted by molar-refractivity contribution is 0.0919. The fraction of sp³-hybridized carbons (Fsp3) is 0.571. The highest BCUT2D eigenvalue weighted by Gasteiger charge is 2.20. The number of amides is 1. The number of hydrogen-bond donors (Lipinski definition) is 2. The summed E-state index contributed by atoms with van der Waals surface area (Å²) in [5, 5.41) is 6.28. The van der Waals surface area contributed by atoms with Crippen LogP contribution in [-0.2, 0) is 0 Å². The summed E-state index contributed by atoms with van der Waals surface area (Å²) in [4.78, 5) is 16.4. The number of rotatable bonds is 4. The van der Waals surface area contributed by atoms with E-state index in [4.69, 9.17) is 4.74 Å². The molecule has 1 aromatic rings. The minimum absolute atomic E-state index is 0.0205. The molecule has 1 aliphatic rings. The Hall–Kier alpha value is -1.62. The average molecular weight is 263 g/mol. The van der Waals surface area contributed by atoms with E-state index in [1.54, 1.807) is 18.3 Å². The van der Waals surface area contributed by atoms with Crippen LogP contribution >= 0.6 is 0 Å². The molecule has 2 N–H and O–H groups in total. The van der Waals surface area contributed by atoms with E-state index in [-0.39, 0.29) is 18.1 Å². The summed E-state index contributed by atoms with van der Waals surface area (Å²) in [7, 11) is 0. The smallest absolute Gasteiger partial charge is 0.274 e. The zero-order valence-corrected chi connectivity index (χ0v) is 11.5. The normalized spacial score (nSPS) is 19.2. The number of ether oxygens (including phenoxy) is 1. The molecule has 1 saturated heterocycles. The van der Waals surface area contributed by atoms with Gasteiger partial charge in [0.15, 0.2) is 11.4 Å². The Morgan fingerprint density at radius 3 is 3.11 bits per heavy atom. The number of piperidine rings is 1. The number of pyridine rings is 1. The zero-order chi connectivity index (χ0) is 13.7. The zero-order valence-electron chi connectivity index (χ0n) is 11.5. The number of hydrogen-bond acceptors (Lipinski definition) is 4. The van der Waals surface area contributed by atoms with Crippen LogP contribution in [0.25, 0.3) is 0 Å². The third-order valence-corrected chi connectivity index (χ3v) is 2.98. The summed E-state index contributed by atoms with van der Waals surface area (Å²) in [6, 6.07) is 3.73. The van der Waals surface area contributed by atoms with Crippen LogP contribution in [0.4, 0.5) is 0 Å². The molecule has 1 aromatic heterocycles. The van der Waals surface area contributed by atoms with Gasteiger partial charge in [-0.25, -0.2) is 4.98 Å². The van der Waals surface area contributed by atoms with Crippen LogP contribution in [0.3, 0.4) is 0 Å². The topological polar surface area (TPSA) is 63.2 Å². The van der Waals surface area contributed by atoms with E-state index >= 15 is 0 Å². The van der Waals surface area contributed by atoms with Crippen molar-refractivity contribution >= 4 is 5.91 Å². The number of nitrogens with zero attached hydrogens (tertiary/aromatic N) is 1. The predicted octanol–water partition coefficient (Wildman–Crippen LogP) is 1.35. The standard InChI is InChI=1S/C14H21N3O2/c1-10(2)19-12-6-4-8-16-13(12)14(18)17-11-5-3-7-15-9-11/h4,6,8,10-11,15H,3,5,7,9H2,1-2H3,(H,17,18)/t11-/m0/s1. The van der Waals surface area contributed by atoms with Gasteiger partial charge in [-0.05, 0) is 45.4 Å². The van der Waals surface area contributed by atoms with E-state index in [0.29, 0.717) is 11.4 Å². The third kappa shape index (κ3) is 3.92. The fourth-order valence-electron chi connectivity index (χ4n) is 2.14. The van der Waals surface area contributed by atoms with Crippen molar-refractivity contribution in [1.29, 1.82) is 0 Å². The highest BCUT2D eigenvalue weighted by Crippen LogP contribution is 2.17. The van der Waals surface area contributed by atoms with Gasteiger partial charge in [-0.3, -0.25) is 4.79 Å². The second-order valence-electron chi connectivity index (χ2n) is 5.03. The van der Waals surface area contributed by atoms with Crippen molar-refractivity contribution in [3.8, 4) is 5.75 Å². The van der Waals surface area contributed by atoms with Gasteiger partial charge in [0.05, 0.1) is 6.10 Å². The fourth-order valence-corrected chi connectivity index (χ4v) is 2.14. The molecule has 104 valence electrons. The molecular formula is C14H21N3O2.